The van der Waals surface area contributed by atoms with Crippen molar-refractivity contribution in [2.24, 2.45) is 0 Å². The van der Waals surface area contributed by atoms with Crippen LogP contribution in [-0.4, -0.2) is 47.0 Å². The van der Waals surface area contributed by atoms with E-state index >= 15 is 0 Å². The summed E-state index contributed by atoms with van der Waals surface area (Å²) in [5, 5.41) is 7.00. The van der Waals surface area contributed by atoms with Gasteiger partial charge in [-0.1, -0.05) is 6.07 Å². The Morgan fingerprint density at radius 1 is 1.39 bits per heavy atom. The van der Waals surface area contributed by atoms with Gasteiger partial charge in [0, 0.05) is 38.2 Å². The number of hydrogen-bond acceptors (Lipinski definition) is 5. The maximum absolute atomic E-state index is 12.1. The fourth-order valence-electron chi connectivity index (χ4n) is 2.47. The smallest absolute Gasteiger partial charge is 0.244 e. The number of amides is 1. The van der Waals surface area contributed by atoms with Gasteiger partial charge in [0.15, 0.2) is 0 Å². The predicted octanol–water partition coefficient (Wildman–Crippen LogP) is 0.992. The quantitative estimate of drug-likeness (QED) is 0.891. The molecule has 0 aliphatic carbocycles. The van der Waals surface area contributed by atoms with Crippen LogP contribution in [-0.2, 0) is 16.1 Å². The number of ether oxygens (including phenoxy) is 1. The van der Waals surface area contributed by atoms with Crippen molar-refractivity contribution in [1.29, 1.82) is 0 Å². The van der Waals surface area contributed by atoms with Gasteiger partial charge in [0.1, 0.15) is 11.9 Å². The van der Waals surface area contributed by atoms with E-state index < -0.39 is 0 Å². The number of nitrogens with zero attached hydrogens (tertiary/aromatic N) is 4. The summed E-state index contributed by atoms with van der Waals surface area (Å²) in [6, 6.07) is 5.46. The van der Waals surface area contributed by atoms with Crippen molar-refractivity contribution in [2.45, 2.75) is 19.5 Å². The van der Waals surface area contributed by atoms with Crippen molar-refractivity contribution in [3.63, 3.8) is 0 Å². The summed E-state index contributed by atoms with van der Waals surface area (Å²) >= 11 is 0. The van der Waals surface area contributed by atoms with Gasteiger partial charge >= 0.3 is 0 Å². The van der Waals surface area contributed by atoms with E-state index in [1.165, 1.54) is 0 Å². The third-order valence-electron chi connectivity index (χ3n) is 3.91. The molecular weight excluding hydrogens is 294 g/mol. The summed E-state index contributed by atoms with van der Waals surface area (Å²) in [5.74, 6) is 0.888. The van der Waals surface area contributed by atoms with Crippen LogP contribution in [0.3, 0.4) is 0 Å². The van der Waals surface area contributed by atoms with Gasteiger partial charge in [-0.3, -0.25) is 9.48 Å². The predicted molar refractivity (Wildman–Crippen MR) is 86.1 cm³/mol. The first kappa shape index (κ1) is 15.5. The topological polar surface area (TPSA) is 72.3 Å². The first-order chi connectivity index (χ1) is 11.2. The normalized spacial score (nSPS) is 16.1. The monoisotopic (exact) mass is 315 g/mol. The van der Waals surface area contributed by atoms with Crippen LogP contribution in [0.4, 0.5) is 5.82 Å². The zero-order chi connectivity index (χ0) is 16.1. The zero-order valence-corrected chi connectivity index (χ0v) is 13.2. The fraction of sp³-hybridized carbons (Fsp3) is 0.438. The molecular formula is C16H21N5O2. The number of anilines is 1. The average Bonchev–Trinajstić information content (AvgIpc) is 3.15. The number of carbonyl (C=O) groups is 1. The Bertz CT molecular complexity index is 620. The highest BCUT2D eigenvalue weighted by molar-refractivity contribution is 5.79. The molecule has 3 heterocycles. The van der Waals surface area contributed by atoms with Crippen molar-refractivity contribution < 1.29 is 9.53 Å². The molecule has 1 atom stereocenters. The van der Waals surface area contributed by atoms with E-state index in [0.29, 0.717) is 6.54 Å². The Balaban J connectivity index is 1.53. The maximum Gasteiger partial charge on any atom is 0.244 e. The van der Waals surface area contributed by atoms with E-state index in [1.54, 1.807) is 23.1 Å². The van der Waals surface area contributed by atoms with E-state index in [4.69, 9.17) is 4.74 Å². The largest absolute Gasteiger partial charge is 0.378 e. The lowest BCUT2D eigenvalue weighted by molar-refractivity contribution is -0.124. The van der Waals surface area contributed by atoms with Crippen molar-refractivity contribution in [3.8, 4) is 0 Å². The molecule has 3 rings (SSSR count). The molecule has 1 N–H and O–H groups in total. The van der Waals surface area contributed by atoms with Gasteiger partial charge < -0.3 is 15.0 Å². The summed E-state index contributed by atoms with van der Waals surface area (Å²) in [6.45, 7) is 5.49. The molecule has 0 radical (unpaired) electrons. The molecule has 122 valence electrons. The Hall–Kier alpha value is -2.41. The lowest BCUT2D eigenvalue weighted by Gasteiger charge is -2.27. The van der Waals surface area contributed by atoms with Crippen molar-refractivity contribution in [1.82, 2.24) is 20.1 Å². The van der Waals surface area contributed by atoms with Gasteiger partial charge in [0.05, 0.1) is 13.2 Å². The van der Waals surface area contributed by atoms with Gasteiger partial charge in [0.2, 0.25) is 5.91 Å². The van der Waals surface area contributed by atoms with E-state index in [-0.39, 0.29) is 11.9 Å². The Morgan fingerprint density at radius 3 is 2.87 bits per heavy atom. The lowest BCUT2D eigenvalue weighted by Crippen LogP contribution is -2.36. The molecule has 23 heavy (non-hydrogen) atoms. The molecule has 1 aliphatic heterocycles. The number of pyridine rings is 1. The number of aromatic nitrogens is 3. The highest BCUT2D eigenvalue weighted by Gasteiger charge is 2.15. The molecule has 0 unspecified atom stereocenters. The second kappa shape index (κ2) is 7.23. The minimum Gasteiger partial charge on any atom is -0.378 e. The van der Waals surface area contributed by atoms with Crippen LogP contribution in [0.1, 0.15) is 18.5 Å². The molecule has 7 heteroatoms. The summed E-state index contributed by atoms with van der Waals surface area (Å²) < 4.78 is 6.97. The minimum atomic E-state index is -0.328. The Kier molecular flexibility index (Phi) is 4.87. The average molecular weight is 315 g/mol. The van der Waals surface area contributed by atoms with Crippen LogP contribution in [0.25, 0.3) is 0 Å². The first-order valence-electron chi connectivity index (χ1n) is 7.78. The third-order valence-corrected chi connectivity index (χ3v) is 3.91. The first-order valence-corrected chi connectivity index (χ1v) is 7.78. The Morgan fingerprint density at radius 2 is 2.22 bits per heavy atom. The molecule has 0 bridgehead atoms. The number of carbonyl (C=O) groups excluding carboxylic acids is 1. The molecule has 1 saturated heterocycles. The molecule has 0 spiro atoms. The second-order valence-electron chi connectivity index (χ2n) is 5.50. The molecule has 7 nitrogen and oxygen atoms in total. The second-order valence-corrected chi connectivity index (χ2v) is 5.50. The number of nitrogens with one attached hydrogen (secondary N) is 1. The molecule has 1 amide bonds. The standard InChI is InChI=1S/C16H21N5O2/c1-13(21-6-2-5-19-21)16(22)18-12-14-3-4-15(17-11-14)20-7-9-23-10-8-20/h2-6,11,13H,7-10,12H2,1H3,(H,18,22)/t13-/m1/s1. The van der Waals surface area contributed by atoms with Crippen molar-refractivity contribution in [3.05, 3.63) is 42.4 Å². The van der Waals surface area contributed by atoms with Gasteiger partial charge in [0.25, 0.3) is 0 Å². The Labute approximate surface area is 135 Å². The van der Waals surface area contributed by atoms with Crippen LogP contribution in [0.2, 0.25) is 0 Å². The summed E-state index contributed by atoms with van der Waals surface area (Å²) in [5.41, 5.74) is 0.975. The fourth-order valence-corrected chi connectivity index (χ4v) is 2.47. The van der Waals surface area contributed by atoms with Crippen LogP contribution in [0.15, 0.2) is 36.8 Å². The highest BCUT2D eigenvalue weighted by atomic mass is 16.5. The van der Waals surface area contributed by atoms with Gasteiger partial charge in [-0.2, -0.15) is 5.10 Å². The summed E-state index contributed by atoms with van der Waals surface area (Å²) in [4.78, 5) is 18.8. The molecule has 1 aliphatic rings. The van der Waals surface area contributed by atoms with E-state index in [2.05, 4.69) is 20.3 Å². The lowest BCUT2D eigenvalue weighted by atomic mass is 10.2. The molecule has 0 saturated carbocycles. The number of hydrogen-bond donors (Lipinski definition) is 1. The summed E-state index contributed by atoms with van der Waals surface area (Å²) in [6.07, 6.45) is 5.25. The van der Waals surface area contributed by atoms with Crippen LogP contribution in [0, 0.1) is 0 Å². The number of rotatable bonds is 5. The van der Waals surface area contributed by atoms with Crippen molar-refractivity contribution in [2.75, 3.05) is 31.2 Å². The van der Waals surface area contributed by atoms with Gasteiger partial charge in [-0.15, -0.1) is 0 Å². The highest BCUT2D eigenvalue weighted by Crippen LogP contribution is 2.13. The van der Waals surface area contributed by atoms with Crippen LogP contribution < -0.4 is 10.2 Å². The summed E-state index contributed by atoms with van der Waals surface area (Å²) in [7, 11) is 0. The number of morpholine rings is 1. The minimum absolute atomic E-state index is 0.0639. The maximum atomic E-state index is 12.1. The molecule has 2 aromatic rings. The molecule has 1 fully saturated rings. The van der Waals surface area contributed by atoms with Crippen LogP contribution in [0.5, 0.6) is 0 Å². The molecule has 2 aromatic heterocycles. The van der Waals surface area contributed by atoms with E-state index in [9.17, 15) is 4.79 Å². The van der Waals surface area contributed by atoms with E-state index in [1.807, 2.05) is 25.3 Å². The van der Waals surface area contributed by atoms with Gasteiger partial charge in [-0.05, 0) is 24.6 Å². The molecule has 0 aromatic carbocycles. The van der Waals surface area contributed by atoms with Gasteiger partial charge in [-0.25, -0.2) is 4.98 Å². The van der Waals surface area contributed by atoms with Crippen LogP contribution >= 0.6 is 0 Å². The zero-order valence-electron chi connectivity index (χ0n) is 13.2. The third kappa shape index (κ3) is 3.87. The van der Waals surface area contributed by atoms with E-state index in [0.717, 1.165) is 37.7 Å². The SMILES string of the molecule is C[C@H](C(=O)NCc1ccc(N2CCOCC2)nc1)n1cccn1. The van der Waals surface area contributed by atoms with Crippen molar-refractivity contribution >= 4 is 11.7 Å².